The molecular weight excluding hydrogens is 268 g/mol. The number of hydrogen-bond acceptors (Lipinski definition) is 5. The van der Waals surface area contributed by atoms with Crippen LogP contribution in [0.5, 0.6) is 5.75 Å². The molecule has 1 aromatic carbocycles. The number of hydrogen-bond donors (Lipinski definition) is 2. The third-order valence-electron chi connectivity index (χ3n) is 3.95. The van der Waals surface area contributed by atoms with Gasteiger partial charge in [0.15, 0.2) is 0 Å². The zero-order valence-electron chi connectivity index (χ0n) is 12.8. The Balaban J connectivity index is 1.86. The van der Waals surface area contributed by atoms with Crippen LogP contribution in [0.4, 0.5) is 0 Å². The van der Waals surface area contributed by atoms with Gasteiger partial charge < -0.3 is 20.3 Å². The fraction of sp³-hybridized carbons (Fsp3) is 0.625. The highest BCUT2D eigenvalue weighted by atomic mass is 16.5. The average molecular weight is 294 g/mol. The molecule has 5 heteroatoms. The van der Waals surface area contributed by atoms with Gasteiger partial charge in [-0.05, 0) is 30.5 Å². The number of piperidine rings is 1. The number of benzene rings is 1. The van der Waals surface area contributed by atoms with Gasteiger partial charge in [0.05, 0.1) is 26.4 Å². The van der Waals surface area contributed by atoms with E-state index in [-0.39, 0.29) is 6.61 Å². The number of aliphatic hydroxyl groups is 1. The summed E-state index contributed by atoms with van der Waals surface area (Å²) in [4.78, 5) is 2.43. The molecule has 118 valence electrons. The van der Waals surface area contributed by atoms with E-state index in [0.717, 1.165) is 43.8 Å². The van der Waals surface area contributed by atoms with E-state index < -0.39 is 0 Å². The first-order valence-electron chi connectivity index (χ1n) is 7.57. The van der Waals surface area contributed by atoms with Gasteiger partial charge in [-0.25, -0.2) is 0 Å². The monoisotopic (exact) mass is 294 g/mol. The van der Waals surface area contributed by atoms with Crippen molar-refractivity contribution in [2.24, 2.45) is 5.73 Å². The van der Waals surface area contributed by atoms with Gasteiger partial charge in [0, 0.05) is 31.7 Å². The molecule has 0 aliphatic carbocycles. The van der Waals surface area contributed by atoms with Crippen LogP contribution in [0.1, 0.15) is 24.0 Å². The molecule has 0 spiro atoms. The van der Waals surface area contributed by atoms with E-state index in [0.29, 0.717) is 19.3 Å². The van der Waals surface area contributed by atoms with E-state index in [1.807, 2.05) is 6.07 Å². The van der Waals surface area contributed by atoms with Crippen LogP contribution in [0.2, 0.25) is 0 Å². The van der Waals surface area contributed by atoms with E-state index >= 15 is 0 Å². The highest BCUT2D eigenvalue weighted by molar-refractivity contribution is 5.37. The quantitative estimate of drug-likeness (QED) is 0.789. The van der Waals surface area contributed by atoms with Crippen LogP contribution in [0.15, 0.2) is 18.2 Å². The summed E-state index contributed by atoms with van der Waals surface area (Å²) in [6, 6.07) is 6.23. The first kappa shape index (κ1) is 16.2. The Bertz CT molecular complexity index is 432. The van der Waals surface area contributed by atoms with Crippen molar-refractivity contribution in [3.05, 3.63) is 29.3 Å². The highest BCUT2D eigenvalue weighted by Crippen LogP contribution is 2.22. The molecule has 2 rings (SSSR count). The Morgan fingerprint density at radius 1 is 1.33 bits per heavy atom. The summed E-state index contributed by atoms with van der Waals surface area (Å²) in [7, 11) is 1.67. The summed E-state index contributed by atoms with van der Waals surface area (Å²) in [5.41, 5.74) is 8.08. The molecule has 0 unspecified atom stereocenters. The Morgan fingerprint density at radius 3 is 2.71 bits per heavy atom. The molecule has 0 saturated carbocycles. The number of aliphatic hydroxyl groups excluding tert-OH is 1. The number of rotatable bonds is 7. The normalized spacial score (nSPS) is 17.1. The highest BCUT2D eigenvalue weighted by Gasteiger charge is 2.19. The molecule has 21 heavy (non-hydrogen) atoms. The van der Waals surface area contributed by atoms with Crippen LogP contribution < -0.4 is 10.5 Å². The zero-order chi connectivity index (χ0) is 15.1. The summed E-state index contributed by atoms with van der Waals surface area (Å²) in [6.45, 7) is 4.04. The lowest BCUT2D eigenvalue weighted by atomic mass is 10.1. The Kier molecular flexibility index (Phi) is 6.45. The first-order chi connectivity index (χ1) is 10.3. The van der Waals surface area contributed by atoms with Gasteiger partial charge in [0.2, 0.25) is 0 Å². The lowest BCUT2D eigenvalue weighted by molar-refractivity contribution is -0.00901. The number of nitrogens with two attached hydrogens (primary N) is 1. The molecule has 1 fully saturated rings. The lowest BCUT2D eigenvalue weighted by Crippen LogP contribution is -2.36. The van der Waals surface area contributed by atoms with Gasteiger partial charge in [-0.3, -0.25) is 4.90 Å². The fourth-order valence-electron chi connectivity index (χ4n) is 2.80. The molecule has 0 radical (unpaired) electrons. The molecule has 5 nitrogen and oxygen atoms in total. The minimum absolute atomic E-state index is 0.105. The molecule has 0 aromatic heterocycles. The third kappa shape index (κ3) is 4.68. The van der Waals surface area contributed by atoms with Crippen LogP contribution in [0.3, 0.4) is 0 Å². The van der Waals surface area contributed by atoms with E-state index in [4.69, 9.17) is 20.3 Å². The SMILES string of the molecule is COc1ccc(CN2CCC(OCCO)CC2)cc1CN. The lowest BCUT2D eigenvalue weighted by Gasteiger charge is -2.32. The van der Waals surface area contributed by atoms with Crippen molar-refractivity contribution >= 4 is 0 Å². The maximum Gasteiger partial charge on any atom is 0.123 e. The maximum atomic E-state index is 8.78. The predicted molar refractivity (Wildman–Crippen MR) is 82.2 cm³/mol. The van der Waals surface area contributed by atoms with E-state index in [1.54, 1.807) is 7.11 Å². The maximum absolute atomic E-state index is 8.78. The standard InChI is InChI=1S/C16H26N2O3/c1-20-16-3-2-13(10-14(16)11-17)12-18-6-4-15(5-7-18)21-9-8-19/h2-3,10,15,19H,4-9,11-12,17H2,1H3. The van der Waals surface area contributed by atoms with Gasteiger partial charge in [0.25, 0.3) is 0 Å². The summed E-state index contributed by atoms with van der Waals surface area (Å²) in [6.07, 6.45) is 2.35. The van der Waals surface area contributed by atoms with Crippen LogP contribution in [-0.4, -0.2) is 49.5 Å². The van der Waals surface area contributed by atoms with Crippen LogP contribution >= 0.6 is 0 Å². The smallest absolute Gasteiger partial charge is 0.123 e. The van der Waals surface area contributed by atoms with Gasteiger partial charge in [0.1, 0.15) is 5.75 Å². The van der Waals surface area contributed by atoms with Crippen molar-refractivity contribution in [3.63, 3.8) is 0 Å². The topological polar surface area (TPSA) is 68.0 Å². The number of nitrogens with zero attached hydrogens (tertiary/aromatic N) is 1. The van der Waals surface area contributed by atoms with Gasteiger partial charge in [-0.15, -0.1) is 0 Å². The fourth-order valence-corrected chi connectivity index (χ4v) is 2.80. The van der Waals surface area contributed by atoms with Crippen molar-refractivity contribution in [2.45, 2.75) is 32.0 Å². The van der Waals surface area contributed by atoms with Crippen molar-refractivity contribution in [2.75, 3.05) is 33.4 Å². The van der Waals surface area contributed by atoms with E-state index in [1.165, 1.54) is 5.56 Å². The molecule has 0 bridgehead atoms. The molecule has 1 aromatic rings. The summed E-state index contributed by atoms with van der Waals surface area (Å²) < 4.78 is 10.9. The summed E-state index contributed by atoms with van der Waals surface area (Å²) in [5, 5.41) is 8.78. The molecule has 1 aliphatic rings. The zero-order valence-corrected chi connectivity index (χ0v) is 12.8. The Labute approximate surface area is 126 Å². The second-order valence-corrected chi connectivity index (χ2v) is 5.42. The number of methoxy groups -OCH3 is 1. The van der Waals surface area contributed by atoms with E-state index in [9.17, 15) is 0 Å². The van der Waals surface area contributed by atoms with Crippen LogP contribution in [0.25, 0.3) is 0 Å². The third-order valence-corrected chi connectivity index (χ3v) is 3.95. The van der Waals surface area contributed by atoms with Crippen molar-refractivity contribution in [1.29, 1.82) is 0 Å². The minimum Gasteiger partial charge on any atom is -0.496 e. The molecule has 0 atom stereocenters. The minimum atomic E-state index is 0.105. The van der Waals surface area contributed by atoms with Gasteiger partial charge in [-0.1, -0.05) is 6.07 Å². The van der Waals surface area contributed by atoms with Crippen molar-refractivity contribution in [1.82, 2.24) is 4.90 Å². The van der Waals surface area contributed by atoms with Gasteiger partial charge in [-0.2, -0.15) is 0 Å². The molecule has 1 aliphatic heterocycles. The summed E-state index contributed by atoms with van der Waals surface area (Å²) >= 11 is 0. The van der Waals surface area contributed by atoms with Gasteiger partial charge >= 0.3 is 0 Å². The second-order valence-electron chi connectivity index (χ2n) is 5.42. The van der Waals surface area contributed by atoms with Crippen LogP contribution in [0, 0.1) is 0 Å². The summed E-state index contributed by atoms with van der Waals surface area (Å²) in [5.74, 6) is 0.859. The first-order valence-corrected chi connectivity index (χ1v) is 7.57. The molecule has 1 saturated heterocycles. The largest absolute Gasteiger partial charge is 0.496 e. The van der Waals surface area contributed by atoms with E-state index in [2.05, 4.69) is 17.0 Å². The molecule has 1 heterocycles. The number of likely N-dealkylation sites (tertiary alicyclic amines) is 1. The Morgan fingerprint density at radius 2 is 2.10 bits per heavy atom. The molecule has 3 N–H and O–H groups in total. The molecule has 0 amide bonds. The molecular formula is C16H26N2O3. The predicted octanol–water partition coefficient (Wildman–Crippen LogP) is 1.13. The number of ether oxygens (including phenoxy) is 2. The Hall–Kier alpha value is -1.14. The second kappa shape index (κ2) is 8.34. The van der Waals surface area contributed by atoms with Crippen LogP contribution in [-0.2, 0) is 17.8 Å². The van der Waals surface area contributed by atoms with Crippen molar-refractivity contribution in [3.8, 4) is 5.75 Å². The average Bonchev–Trinajstić information content (AvgIpc) is 2.54. The van der Waals surface area contributed by atoms with Crippen molar-refractivity contribution < 1.29 is 14.6 Å².